The number of nitrogens with zero attached hydrogens (tertiary/aromatic N) is 4. The average molecular weight is 364 g/mol. The Labute approximate surface area is 161 Å². The second kappa shape index (κ2) is 7.91. The number of hydrogen-bond acceptors (Lipinski definition) is 3. The topological polar surface area (TPSA) is 51.0 Å². The number of aromatic nitrogens is 3. The van der Waals surface area contributed by atoms with Crippen LogP contribution in [0.1, 0.15) is 60.4 Å². The molecule has 1 aromatic carbocycles. The van der Waals surface area contributed by atoms with Crippen LogP contribution in [-0.2, 0) is 6.54 Å². The number of pyridine rings is 1. The van der Waals surface area contributed by atoms with Crippen LogP contribution in [0.15, 0.2) is 36.5 Å². The largest absolute Gasteiger partial charge is 0.334 e. The third-order valence-electron chi connectivity index (χ3n) is 4.69. The van der Waals surface area contributed by atoms with Gasteiger partial charge in [-0.25, -0.2) is 9.67 Å². The number of aryl methyl sites for hydroxylation is 2. The quantitative estimate of drug-likeness (QED) is 0.638. The second-order valence-corrected chi connectivity index (χ2v) is 7.44. The lowest BCUT2D eigenvalue weighted by molar-refractivity contribution is 0.0745. The van der Waals surface area contributed by atoms with Crippen molar-refractivity contribution in [3.05, 3.63) is 58.9 Å². The number of carbonyl (C=O) groups is 1. The van der Waals surface area contributed by atoms with E-state index < -0.39 is 0 Å². The molecule has 0 aliphatic heterocycles. The van der Waals surface area contributed by atoms with E-state index in [0.29, 0.717) is 18.7 Å². The summed E-state index contributed by atoms with van der Waals surface area (Å²) in [4.78, 5) is 20.0. The average Bonchev–Trinajstić information content (AvgIpc) is 3.05. The molecule has 2 heterocycles. The Kier molecular flexibility index (Phi) is 5.59. The highest BCUT2D eigenvalue weighted by Gasteiger charge is 2.21. The molecule has 1 amide bonds. The van der Waals surface area contributed by atoms with E-state index in [-0.39, 0.29) is 11.9 Å². The van der Waals surface area contributed by atoms with Gasteiger partial charge in [-0.2, -0.15) is 5.10 Å². The van der Waals surface area contributed by atoms with Gasteiger partial charge in [-0.1, -0.05) is 36.8 Å². The highest BCUT2D eigenvalue weighted by atomic mass is 16.2. The van der Waals surface area contributed by atoms with Crippen molar-refractivity contribution in [2.45, 2.75) is 53.6 Å². The molecule has 0 saturated carbocycles. The molecule has 3 aromatic rings. The highest BCUT2D eigenvalue weighted by Crippen LogP contribution is 2.23. The zero-order valence-electron chi connectivity index (χ0n) is 16.9. The standard InChI is InChI=1S/C22H28N4O/c1-6-11-25(14-18-9-7-16(4)8-10-18)22(27)19-12-17(5)24-21-20(19)13-23-26(21)15(2)3/h7-10,12-13,15H,6,11,14H2,1-5H3. The molecule has 0 radical (unpaired) electrons. The zero-order chi connectivity index (χ0) is 19.6. The maximum absolute atomic E-state index is 13.4. The van der Waals surface area contributed by atoms with E-state index >= 15 is 0 Å². The van der Waals surface area contributed by atoms with Gasteiger partial charge in [0.1, 0.15) is 0 Å². The lowest BCUT2D eigenvalue weighted by Crippen LogP contribution is -2.31. The molecule has 0 N–H and O–H groups in total. The maximum atomic E-state index is 13.4. The molecule has 5 nitrogen and oxygen atoms in total. The van der Waals surface area contributed by atoms with Crippen LogP contribution >= 0.6 is 0 Å². The normalized spacial score (nSPS) is 11.3. The summed E-state index contributed by atoms with van der Waals surface area (Å²) >= 11 is 0. The predicted octanol–water partition coefficient (Wildman–Crippen LogP) is 4.68. The Bertz CT molecular complexity index is 941. The fraction of sp³-hybridized carbons (Fsp3) is 0.409. The second-order valence-electron chi connectivity index (χ2n) is 7.44. The zero-order valence-corrected chi connectivity index (χ0v) is 16.9. The van der Waals surface area contributed by atoms with Gasteiger partial charge in [-0.15, -0.1) is 0 Å². The van der Waals surface area contributed by atoms with Crippen molar-refractivity contribution in [3.63, 3.8) is 0 Å². The number of fused-ring (bicyclic) bond motifs is 1. The fourth-order valence-corrected chi connectivity index (χ4v) is 3.30. The Hall–Kier alpha value is -2.69. The van der Waals surface area contributed by atoms with Crippen LogP contribution in [0.5, 0.6) is 0 Å². The summed E-state index contributed by atoms with van der Waals surface area (Å²) in [6.45, 7) is 11.6. The molecule has 0 atom stereocenters. The number of carbonyl (C=O) groups excluding carboxylic acids is 1. The monoisotopic (exact) mass is 364 g/mol. The van der Waals surface area contributed by atoms with Crippen molar-refractivity contribution in [2.75, 3.05) is 6.54 Å². The minimum Gasteiger partial charge on any atom is -0.334 e. The van der Waals surface area contributed by atoms with Crippen LogP contribution in [0.4, 0.5) is 0 Å². The minimum atomic E-state index is 0.0382. The molecule has 0 aliphatic rings. The summed E-state index contributed by atoms with van der Waals surface area (Å²) in [6.07, 6.45) is 2.68. The summed E-state index contributed by atoms with van der Waals surface area (Å²) in [5, 5.41) is 5.28. The minimum absolute atomic E-state index is 0.0382. The molecule has 0 saturated heterocycles. The van der Waals surface area contributed by atoms with Gasteiger partial charge in [0.15, 0.2) is 5.65 Å². The number of hydrogen-bond donors (Lipinski definition) is 0. The first kappa shape index (κ1) is 19.1. The van der Waals surface area contributed by atoms with Gasteiger partial charge in [0, 0.05) is 24.8 Å². The van der Waals surface area contributed by atoms with Crippen LogP contribution in [0.25, 0.3) is 11.0 Å². The maximum Gasteiger partial charge on any atom is 0.255 e. The van der Waals surface area contributed by atoms with Crippen molar-refractivity contribution in [1.82, 2.24) is 19.7 Å². The van der Waals surface area contributed by atoms with Gasteiger partial charge < -0.3 is 4.90 Å². The molecule has 27 heavy (non-hydrogen) atoms. The molecule has 5 heteroatoms. The van der Waals surface area contributed by atoms with Crippen LogP contribution in [0.3, 0.4) is 0 Å². The molecular weight excluding hydrogens is 336 g/mol. The van der Waals surface area contributed by atoms with E-state index in [1.807, 2.05) is 22.6 Å². The lowest BCUT2D eigenvalue weighted by Gasteiger charge is -2.23. The molecular formula is C22H28N4O. The van der Waals surface area contributed by atoms with Crippen molar-refractivity contribution < 1.29 is 4.79 Å². The summed E-state index contributed by atoms with van der Waals surface area (Å²) < 4.78 is 1.88. The van der Waals surface area contributed by atoms with E-state index in [2.05, 4.69) is 62.0 Å². The van der Waals surface area contributed by atoms with E-state index in [1.54, 1.807) is 6.20 Å². The fourth-order valence-electron chi connectivity index (χ4n) is 3.30. The Balaban J connectivity index is 1.99. The van der Waals surface area contributed by atoms with E-state index in [1.165, 1.54) is 5.56 Å². The summed E-state index contributed by atoms with van der Waals surface area (Å²) in [5.41, 5.74) is 4.66. The predicted molar refractivity (Wildman–Crippen MR) is 109 cm³/mol. The first-order valence-corrected chi connectivity index (χ1v) is 9.60. The SMILES string of the molecule is CCCN(Cc1ccc(C)cc1)C(=O)c1cc(C)nc2c1cnn2C(C)C. The Morgan fingerprint density at radius 2 is 1.89 bits per heavy atom. The van der Waals surface area contributed by atoms with Gasteiger partial charge in [-0.3, -0.25) is 4.79 Å². The van der Waals surface area contributed by atoms with Crippen molar-refractivity contribution in [3.8, 4) is 0 Å². The van der Waals surface area contributed by atoms with Crippen LogP contribution < -0.4 is 0 Å². The van der Waals surface area contributed by atoms with Gasteiger partial charge in [-0.05, 0) is 45.7 Å². The number of rotatable bonds is 6. The smallest absolute Gasteiger partial charge is 0.255 e. The summed E-state index contributed by atoms with van der Waals surface area (Å²) in [7, 11) is 0. The Morgan fingerprint density at radius 3 is 2.52 bits per heavy atom. The third-order valence-corrected chi connectivity index (χ3v) is 4.69. The van der Waals surface area contributed by atoms with Gasteiger partial charge in [0.2, 0.25) is 0 Å². The summed E-state index contributed by atoms with van der Waals surface area (Å²) in [6, 6.07) is 10.4. The first-order chi connectivity index (χ1) is 12.9. The molecule has 0 bridgehead atoms. The molecule has 0 spiro atoms. The van der Waals surface area contributed by atoms with Gasteiger partial charge in [0.25, 0.3) is 5.91 Å². The molecule has 0 unspecified atom stereocenters. The lowest BCUT2D eigenvalue weighted by atomic mass is 10.1. The van der Waals surface area contributed by atoms with Crippen LogP contribution in [0, 0.1) is 13.8 Å². The summed E-state index contributed by atoms with van der Waals surface area (Å²) in [5.74, 6) is 0.0382. The highest BCUT2D eigenvalue weighted by molar-refractivity contribution is 6.05. The van der Waals surface area contributed by atoms with E-state index in [0.717, 1.165) is 28.7 Å². The van der Waals surface area contributed by atoms with E-state index in [4.69, 9.17) is 0 Å². The van der Waals surface area contributed by atoms with Crippen LogP contribution in [-0.4, -0.2) is 32.1 Å². The molecule has 2 aromatic heterocycles. The molecule has 0 aliphatic carbocycles. The van der Waals surface area contributed by atoms with E-state index in [9.17, 15) is 4.79 Å². The number of benzene rings is 1. The number of amides is 1. The third kappa shape index (κ3) is 4.02. The van der Waals surface area contributed by atoms with Crippen LogP contribution in [0.2, 0.25) is 0 Å². The Morgan fingerprint density at radius 1 is 1.19 bits per heavy atom. The van der Waals surface area contributed by atoms with Crippen molar-refractivity contribution >= 4 is 16.9 Å². The van der Waals surface area contributed by atoms with Gasteiger partial charge >= 0.3 is 0 Å². The van der Waals surface area contributed by atoms with Crippen molar-refractivity contribution in [1.29, 1.82) is 0 Å². The van der Waals surface area contributed by atoms with Gasteiger partial charge in [0.05, 0.1) is 17.1 Å². The molecule has 142 valence electrons. The first-order valence-electron chi connectivity index (χ1n) is 9.60. The molecule has 0 fully saturated rings. The van der Waals surface area contributed by atoms with Crippen molar-refractivity contribution in [2.24, 2.45) is 0 Å². The molecule has 3 rings (SSSR count).